The fourth-order valence-electron chi connectivity index (χ4n) is 1.32. The van der Waals surface area contributed by atoms with Gasteiger partial charge in [0.25, 0.3) is 5.91 Å². The van der Waals surface area contributed by atoms with Gasteiger partial charge in [-0.25, -0.2) is 0 Å². The van der Waals surface area contributed by atoms with Crippen molar-refractivity contribution in [3.8, 4) is 0 Å². The van der Waals surface area contributed by atoms with Crippen LogP contribution >= 0.6 is 0 Å². The van der Waals surface area contributed by atoms with E-state index in [2.05, 4.69) is 9.72 Å². The number of hydrogen-bond acceptors (Lipinski definition) is 4. The Kier molecular flexibility index (Phi) is 5.71. The molecule has 5 nitrogen and oxygen atoms in total. The summed E-state index contributed by atoms with van der Waals surface area (Å²) < 4.78 is 43.2. The molecule has 21 heavy (non-hydrogen) atoms. The monoisotopic (exact) mass is 304 g/mol. The number of rotatable bonds is 6. The SMILES string of the molecule is CCOC=CC(O)(CNC(=O)c1cccnc1)C(F)(F)F. The second kappa shape index (κ2) is 7.07. The number of pyridine rings is 1. The molecule has 8 heteroatoms. The van der Waals surface area contributed by atoms with Gasteiger partial charge in [-0.2, -0.15) is 13.2 Å². The minimum Gasteiger partial charge on any atom is -0.502 e. The summed E-state index contributed by atoms with van der Waals surface area (Å²) in [6.45, 7) is 0.710. The molecule has 0 spiro atoms. The van der Waals surface area contributed by atoms with Gasteiger partial charge in [0.15, 0.2) is 5.60 Å². The van der Waals surface area contributed by atoms with E-state index in [1.807, 2.05) is 5.32 Å². The molecule has 1 heterocycles. The number of halogens is 3. The first-order valence-electron chi connectivity index (χ1n) is 6.07. The second-order valence-electron chi connectivity index (χ2n) is 4.10. The zero-order chi connectivity index (χ0) is 15.9. The number of aromatic nitrogens is 1. The lowest BCUT2D eigenvalue weighted by Crippen LogP contribution is -2.52. The van der Waals surface area contributed by atoms with Gasteiger partial charge >= 0.3 is 6.18 Å². The van der Waals surface area contributed by atoms with E-state index in [0.717, 1.165) is 6.26 Å². The summed E-state index contributed by atoms with van der Waals surface area (Å²) in [7, 11) is 0. The maximum Gasteiger partial charge on any atom is 0.422 e. The van der Waals surface area contributed by atoms with E-state index < -0.39 is 24.2 Å². The molecule has 1 unspecified atom stereocenters. The molecular formula is C13H15F3N2O3. The molecule has 0 saturated heterocycles. The Balaban J connectivity index is 2.77. The molecule has 1 aromatic rings. The molecule has 116 valence electrons. The van der Waals surface area contributed by atoms with Gasteiger partial charge in [0.1, 0.15) is 0 Å². The van der Waals surface area contributed by atoms with E-state index in [1.54, 1.807) is 6.92 Å². The van der Waals surface area contributed by atoms with Crippen LogP contribution in [0, 0.1) is 0 Å². The standard InChI is InChI=1S/C13H15F3N2O3/c1-2-21-7-5-12(20,13(14,15)16)9-18-11(19)10-4-3-6-17-8-10/h3-8,20H,2,9H2,1H3,(H,18,19). The number of carbonyl (C=O) groups is 1. The molecule has 1 aromatic heterocycles. The Labute approximate surface area is 119 Å². The predicted octanol–water partition coefficient (Wildman–Crippen LogP) is 1.66. The van der Waals surface area contributed by atoms with Gasteiger partial charge in [-0.05, 0) is 25.1 Å². The van der Waals surface area contributed by atoms with Crippen molar-refractivity contribution < 1.29 is 27.8 Å². The van der Waals surface area contributed by atoms with Crippen molar-refractivity contribution in [3.63, 3.8) is 0 Å². The lowest BCUT2D eigenvalue weighted by atomic mass is 10.0. The summed E-state index contributed by atoms with van der Waals surface area (Å²) in [4.78, 5) is 15.3. The Morgan fingerprint density at radius 3 is 2.76 bits per heavy atom. The van der Waals surface area contributed by atoms with Gasteiger partial charge in [0.05, 0.1) is 25.0 Å². The molecule has 0 aromatic carbocycles. The minimum atomic E-state index is -4.96. The minimum absolute atomic E-state index is 0.0933. The average Bonchev–Trinajstić information content (AvgIpc) is 2.45. The van der Waals surface area contributed by atoms with Crippen molar-refractivity contribution >= 4 is 5.91 Å². The summed E-state index contributed by atoms with van der Waals surface area (Å²) in [5.74, 6) is -0.768. The van der Waals surface area contributed by atoms with Crippen LogP contribution in [0.1, 0.15) is 17.3 Å². The highest BCUT2D eigenvalue weighted by Crippen LogP contribution is 2.31. The zero-order valence-electron chi connectivity index (χ0n) is 11.2. The number of carbonyl (C=O) groups excluding carboxylic acids is 1. The molecule has 0 fully saturated rings. The number of aliphatic hydroxyl groups is 1. The first-order valence-corrected chi connectivity index (χ1v) is 6.07. The van der Waals surface area contributed by atoms with Gasteiger partial charge < -0.3 is 15.2 Å². The largest absolute Gasteiger partial charge is 0.502 e. The van der Waals surface area contributed by atoms with Crippen LogP contribution < -0.4 is 5.32 Å². The molecule has 0 aliphatic heterocycles. The van der Waals surface area contributed by atoms with Crippen LogP contribution in [0.2, 0.25) is 0 Å². The topological polar surface area (TPSA) is 71.5 Å². The number of hydrogen-bond donors (Lipinski definition) is 2. The quantitative estimate of drug-likeness (QED) is 0.784. The number of ether oxygens (including phenoxy) is 1. The third kappa shape index (κ3) is 4.75. The fourth-order valence-corrected chi connectivity index (χ4v) is 1.32. The van der Waals surface area contributed by atoms with E-state index >= 15 is 0 Å². The fraction of sp³-hybridized carbons (Fsp3) is 0.385. The molecular weight excluding hydrogens is 289 g/mol. The molecule has 2 N–H and O–H groups in total. The summed E-state index contributed by atoms with van der Waals surface area (Å²) >= 11 is 0. The van der Waals surface area contributed by atoms with E-state index in [1.165, 1.54) is 24.5 Å². The van der Waals surface area contributed by atoms with Crippen molar-refractivity contribution in [1.82, 2.24) is 10.3 Å². The maximum atomic E-state index is 12.9. The van der Waals surface area contributed by atoms with Crippen LogP contribution in [0.25, 0.3) is 0 Å². The highest BCUT2D eigenvalue weighted by atomic mass is 19.4. The molecule has 1 amide bonds. The number of nitrogens with one attached hydrogen (secondary N) is 1. The predicted molar refractivity (Wildman–Crippen MR) is 68.3 cm³/mol. The molecule has 0 aliphatic rings. The van der Waals surface area contributed by atoms with E-state index in [-0.39, 0.29) is 12.2 Å². The first-order chi connectivity index (χ1) is 9.80. The smallest absolute Gasteiger partial charge is 0.422 e. The Morgan fingerprint density at radius 2 is 2.24 bits per heavy atom. The normalized spacial score (nSPS) is 14.7. The Hall–Kier alpha value is -2.09. The highest BCUT2D eigenvalue weighted by Gasteiger charge is 2.52. The molecule has 1 atom stereocenters. The van der Waals surface area contributed by atoms with Gasteiger partial charge in [0, 0.05) is 12.4 Å². The van der Waals surface area contributed by atoms with Crippen molar-refractivity contribution in [2.75, 3.05) is 13.2 Å². The zero-order valence-corrected chi connectivity index (χ0v) is 11.2. The molecule has 1 rings (SSSR count). The third-order valence-electron chi connectivity index (χ3n) is 2.54. The van der Waals surface area contributed by atoms with Crippen molar-refractivity contribution in [1.29, 1.82) is 0 Å². The van der Waals surface area contributed by atoms with Crippen LogP contribution in [0.5, 0.6) is 0 Å². The molecule has 0 radical (unpaired) electrons. The Morgan fingerprint density at radius 1 is 1.52 bits per heavy atom. The lowest BCUT2D eigenvalue weighted by molar-refractivity contribution is -0.237. The van der Waals surface area contributed by atoms with Crippen molar-refractivity contribution in [3.05, 3.63) is 42.4 Å². The van der Waals surface area contributed by atoms with Gasteiger partial charge in [-0.3, -0.25) is 9.78 Å². The van der Waals surface area contributed by atoms with E-state index in [4.69, 9.17) is 0 Å². The summed E-state index contributed by atoms with van der Waals surface area (Å²) in [5.41, 5.74) is -3.11. The van der Waals surface area contributed by atoms with Crippen LogP contribution in [0.15, 0.2) is 36.9 Å². The number of nitrogens with zero attached hydrogens (tertiary/aromatic N) is 1. The van der Waals surface area contributed by atoms with Crippen LogP contribution in [-0.4, -0.2) is 40.9 Å². The van der Waals surface area contributed by atoms with Gasteiger partial charge in [0.2, 0.25) is 0 Å². The summed E-state index contributed by atoms with van der Waals surface area (Å²) in [5, 5.41) is 11.7. The van der Waals surface area contributed by atoms with Gasteiger partial charge in [-0.15, -0.1) is 0 Å². The second-order valence-corrected chi connectivity index (χ2v) is 4.10. The average molecular weight is 304 g/mol. The third-order valence-corrected chi connectivity index (χ3v) is 2.54. The first kappa shape index (κ1) is 17.0. The summed E-state index contributed by atoms with van der Waals surface area (Å²) in [6, 6.07) is 2.87. The van der Waals surface area contributed by atoms with E-state index in [0.29, 0.717) is 6.08 Å². The van der Waals surface area contributed by atoms with Crippen LogP contribution in [-0.2, 0) is 4.74 Å². The molecule has 0 aliphatic carbocycles. The molecule has 0 bridgehead atoms. The van der Waals surface area contributed by atoms with Crippen molar-refractivity contribution in [2.45, 2.75) is 18.7 Å². The highest BCUT2D eigenvalue weighted by molar-refractivity contribution is 5.93. The maximum absolute atomic E-state index is 12.9. The summed E-state index contributed by atoms with van der Waals surface area (Å²) in [6.07, 6.45) is -1.11. The van der Waals surface area contributed by atoms with E-state index in [9.17, 15) is 23.1 Å². The van der Waals surface area contributed by atoms with Crippen molar-refractivity contribution in [2.24, 2.45) is 0 Å². The number of amides is 1. The van der Waals surface area contributed by atoms with Gasteiger partial charge in [-0.1, -0.05) is 0 Å². The molecule has 0 saturated carbocycles. The lowest BCUT2D eigenvalue weighted by Gasteiger charge is -2.27. The Bertz CT molecular complexity index is 491. The van der Waals surface area contributed by atoms with Crippen LogP contribution in [0.3, 0.4) is 0 Å². The van der Waals surface area contributed by atoms with Crippen LogP contribution in [0.4, 0.5) is 13.2 Å². The number of alkyl halides is 3.